The minimum absolute atomic E-state index is 0.325. The Bertz CT molecular complexity index is 320. The molecule has 0 amide bonds. The molecular formula is C19H34O. The fourth-order valence-corrected chi connectivity index (χ4v) is 3.99. The molecule has 0 radical (unpaired) electrons. The molecule has 1 heteroatoms. The fraction of sp³-hybridized carbons (Fsp3) is 0.789. The lowest BCUT2D eigenvalue weighted by atomic mass is 9.60. The predicted molar refractivity (Wildman–Crippen MR) is 88.8 cm³/mol. The molecule has 20 heavy (non-hydrogen) atoms. The lowest BCUT2D eigenvalue weighted by Gasteiger charge is -2.45. The standard InChI is InChI=1S/C19H34O/c1-7-16(10-9-13-20-6)18-14-19(5,8-2)12-11-17(18)15(3)4/h8,16-18H,2-3,7,9-14H2,1,4-6H3/t16-,17-,18?,19+/m0/s1. The molecule has 1 aliphatic carbocycles. The number of hydrogen-bond acceptors (Lipinski definition) is 1. The molecule has 1 unspecified atom stereocenters. The molecule has 0 spiro atoms. The van der Waals surface area contributed by atoms with Crippen molar-refractivity contribution < 1.29 is 4.74 Å². The summed E-state index contributed by atoms with van der Waals surface area (Å²) in [5, 5.41) is 0. The lowest BCUT2D eigenvalue weighted by molar-refractivity contribution is 0.0947. The molecule has 0 bridgehead atoms. The van der Waals surface area contributed by atoms with Crippen LogP contribution < -0.4 is 0 Å². The van der Waals surface area contributed by atoms with E-state index in [9.17, 15) is 0 Å². The molecule has 1 saturated carbocycles. The molecular weight excluding hydrogens is 244 g/mol. The highest BCUT2D eigenvalue weighted by molar-refractivity contribution is 5.07. The average Bonchev–Trinajstić information content (AvgIpc) is 2.43. The normalized spacial score (nSPS) is 31.8. The van der Waals surface area contributed by atoms with Gasteiger partial charge in [0, 0.05) is 13.7 Å². The minimum atomic E-state index is 0.325. The van der Waals surface area contributed by atoms with Crippen molar-refractivity contribution in [2.45, 2.75) is 59.3 Å². The van der Waals surface area contributed by atoms with Gasteiger partial charge in [0.25, 0.3) is 0 Å². The number of methoxy groups -OCH3 is 1. The maximum atomic E-state index is 5.23. The van der Waals surface area contributed by atoms with E-state index in [1.165, 1.54) is 44.1 Å². The third-order valence-electron chi connectivity index (χ3n) is 5.42. The second-order valence-electron chi connectivity index (χ2n) is 7.02. The summed E-state index contributed by atoms with van der Waals surface area (Å²) in [5.41, 5.74) is 1.71. The molecule has 1 rings (SSSR count). The summed E-state index contributed by atoms with van der Waals surface area (Å²) in [7, 11) is 1.80. The van der Waals surface area contributed by atoms with E-state index in [2.05, 4.69) is 40.0 Å². The van der Waals surface area contributed by atoms with E-state index >= 15 is 0 Å². The van der Waals surface area contributed by atoms with Crippen molar-refractivity contribution in [3.8, 4) is 0 Å². The molecule has 1 fully saturated rings. The van der Waals surface area contributed by atoms with Crippen LogP contribution in [0.5, 0.6) is 0 Å². The quantitative estimate of drug-likeness (QED) is 0.413. The van der Waals surface area contributed by atoms with E-state index < -0.39 is 0 Å². The van der Waals surface area contributed by atoms with Gasteiger partial charge in [-0.15, -0.1) is 6.58 Å². The first kappa shape index (κ1) is 17.5. The molecule has 4 atom stereocenters. The van der Waals surface area contributed by atoms with Crippen LogP contribution in [0.2, 0.25) is 0 Å². The maximum absolute atomic E-state index is 5.23. The molecule has 0 aliphatic heterocycles. The summed E-state index contributed by atoms with van der Waals surface area (Å²) in [6.45, 7) is 16.2. The van der Waals surface area contributed by atoms with E-state index in [1.54, 1.807) is 7.11 Å². The van der Waals surface area contributed by atoms with Crippen molar-refractivity contribution in [1.82, 2.24) is 0 Å². The average molecular weight is 278 g/mol. The molecule has 0 N–H and O–H groups in total. The van der Waals surface area contributed by atoms with Gasteiger partial charge in [0.1, 0.15) is 0 Å². The van der Waals surface area contributed by atoms with Crippen LogP contribution in [0, 0.1) is 23.2 Å². The lowest BCUT2D eigenvalue weighted by Crippen LogP contribution is -2.35. The summed E-state index contributed by atoms with van der Waals surface area (Å²) in [6.07, 6.45) is 9.75. The van der Waals surface area contributed by atoms with E-state index in [0.717, 1.165) is 18.4 Å². The molecule has 1 nitrogen and oxygen atoms in total. The van der Waals surface area contributed by atoms with Crippen LogP contribution in [0.4, 0.5) is 0 Å². The van der Waals surface area contributed by atoms with Crippen LogP contribution in [0.3, 0.4) is 0 Å². The zero-order valence-corrected chi connectivity index (χ0v) is 14.1. The minimum Gasteiger partial charge on any atom is -0.385 e. The summed E-state index contributed by atoms with van der Waals surface area (Å²) in [4.78, 5) is 0. The zero-order chi connectivity index (χ0) is 15.2. The largest absolute Gasteiger partial charge is 0.385 e. The van der Waals surface area contributed by atoms with Crippen molar-refractivity contribution >= 4 is 0 Å². The van der Waals surface area contributed by atoms with E-state index in [1.807, 2.05) is 0 Å². The van der Waals surface area contributed by atoms with Gasteiger partial charge in [-0.3, -0.25) is 0 Å². The topological polar surface area (TPSA) is 9.23 Å². The predicted octanol–water partition coefficient (Wildman–Crippen LogP) is 5.62. The molecule has 0 aromatic rings. The van der Waals surface area contributed by atoms with Crippen LogP contribution in [0.25, 0.3) is 0 Å². The van der Waals surface area contributed by atoms with Crippen LogP contribution >= 0.6 is 0 Å². The number of rotatable bonds is 8. The van der Waals surface area contributed by atoms with Crippen molar-refractivity contribution in [2.24, 2.45) is 23.2 Å². The number of ether oxygens (including phenoxy) is 1. The van der Waals surface area contributed by atoms with Gasteiger partial charge in [-0.2, -0.15) is 0 Å². The van der Waals surface area contributed by atoms with Gasteiger partial charge in [-0.1, -0.05) is 38.5 Å². The Morgan fingerprint density at radius 2 is 2.20 bits per heavy atom. The van der Waals surface area contributed by atoms with Gasteiger partial charge in [0.2, 0.25) is 0 Å². The Balaban J connectivity index is 2.80. The molecule has 0 aromatic heterocycles. The monoisotopic (exact) mass is 278 g/mol. The van der Waals surface area contributed by atoms with Crippen LogP contribution in [-0.2, 0) is 4.74 Å². The van der Waals surface area contributed by atoms with E-state index in [4.69, 9.17) is 4.74 Å². The Hall–Kier alpha value is -0.560. The van der Waals surface area contributed by atoms with Crippen LogP contribution in [0.15, 0.2) is 24.8 Å². The highest BCUT2D eigenvalue weighted by Gasteiger charge is 2.39. The van der Waals surface area contributed by atoms with Crippen molar-refractivity contribution in [2.75, 3.05) is 13.7 Å². The van der Waals surface area contributed by atoms with Crippen molar-refractivity contribution in [1.29, 1.82) is 0 Å². The van der Waals surface area contributed by atoms with Gasteiger partial charge in [-0.05, 0) is 62.2 Å². The summed E-state index contributed by atoms with van der Waals surface area (Å²) in [5.74, 6) is 2.27. The Kier molecular flexibility index (Phi) is 7.02. The SMILES string of the molecule is C=C[C@]1(C)CC[C@@H](C(=C)C)C([C@@H](CC)CCCOC)C1. The molecule has 1 aliphatic rings. The van der Waals surface area contributed by atoms with Gasteiger partial charge in [-0.25, -0.2) is 0 Å². The summed E-state index contributed by atoms with van der Waals surface area (Å²) < 4.78 is 5.23. The Labute approximate surface area is 126 Å². The molecule has 116 valence electrons. The van der Waals surface area contributed by atoms with Crippen LogP contribution in [-0.4, -0.2) is 13.7 Å². The second-order valence-corrected chi connectivity index (χ2v) is 7.02. The first-order valence-electron chi connectivity index (χ1n) is 8.25. The highest BCUT2D eigenvalue weighted by atomic mass is 16.5. The van der Waals surface area contributed by atoms with E-state index in [-0.39, 0.29) is 0 Å². The zero-order valence-electron chi connectivity index (χ0n) is 14.1. The highest BCUT2D eigenvalue weighted by Crippen LogP contribution is 2.49. The summed E-state index contributed by atoms with van der Waals surface area (Å²) in [6, 6.07) is 0. The van der Waals surface area contributed by atoms with Gasteiger partial charge < -0.3 is 4.74 Å². The molecule has 0 saturated heterocycles. The third kappa shape index (κ3) is 4.48. The van der Waals surface area contributed by atoms with Crippen molar-refractivity contribution in [3.05, 3.63) is 24.8 Å². The number of allylic oxidation sites excluding steroid dienone is 2. The Morgan fingerprint density at radius 1 is 1.50 bits per heavy atom. The van der Waals surface area contributed by atoms with Gasteiger partial charge >= 0.3 is 0 Å². The Morgan fingerprint density at radius 3 is 2.70 bits per heavy atom. The number of hydrogen-bond donors (Lipinski definition) is 0. The molecule has 0 aromatic carbocycles. The fourth-order valence-electron chi connectivity index (χ4n) is 3.99. The maximum Gasteiger partial charge on any atom is 0.0462 e. The second kappa shape index (κ2) is 8.02. The third-order valence-corrected chi connectivity index (χ3v) is 5.42. The molecule has 0 heterocycles. The van der Waals surface area contributed by atoms with Gasteiger partial charge in [0.15, 0.2) is 0 Å². The van der Waals surface area contributed by atoms with E-state index in [0.29, 0.717) is 11.3 Å². The van der Waals surface area contributed by atoms with Crippen LogP contribution in [0.1, 0.15) is 59.3 Å². The smallest absolute Gasteiger partial charge is 0.0462 e. The van der Waals surface area contributed by atoms with Gasteiger partial charge in [0.05, 0.1) is 0 Å². The first-order valence-corrected chi connectivity index (χ1v) is 8.25. The first-order chi connectivity index (χ1) is 9.47. The summed E-state index contributed by atoms with van der Waals surface area (Å²) >= 11 is 0. The van der Waals surface area contributed by atoms with Crippen molar-refractivity contribution in [3.63, 3.8) is 0 Å².